The van der Waals surface area contributed by atoms with Gasteiger partial charge in [-0.1, -0.05) is 0 Å². The van der Waals surface area contributed by atoms with Crippen molar-refractivity contribution in [3.8, 4) is 5.69 Å². The van der Waals surface area contributed by atoms with Gasteiger partial charge in [0.15, 0.2) is 11.9 Å². The quantitative estimate of drug-likeness (QED) is 0.387. The van der Waals surface area contributed by atoms with Gasteiger partial charge >= 0.3 is 0 Å². The zero-order valence-corrected chi connectivity index (χ0v) is 19.4. The Morgan fingerprint density at radius 3 is 2.58 bits per heavy atom. The van der Waals surface area contributed by atoms with Gasteiger partial charge in [-0.3, -0.25) is 4.79 Å². The number of halogens is 2. The lowest BCUT2D eigenvalue weighted by atomic mass is 9.96. The van der Waals surface area contributed by atoms with E-state index in [0.29, 0.717) is 47.5 Å². The third-order valence-corrected chi connectivity index (χ3v) is 6.26. The van der Waals surface area contributed by atoms with Crippen LogP contribution in [0.2, 0.25) is 0 Å². The molecule has 1 saturated heterocycles. The Labute approximate surface area is 204 Å². The molecule has 0 spiro atoms. The number of aromatic nitrogens is 4. The molecule has 36 heavy (non-hydrogen) atoms. The molecule has 9 nitrogen and oxygen atoms in total. The molecule has 2 aromatic heterocycles. The van der Waals surface area contributed by atoms with Crippen LogP contribution < -0.4 is 11.1 Å². The molecular formula is C25H24F2N6O3. The van der Waals surface area contributed by atoms with Crippen LogP contribution in [0.4, 0.5) is 20.3 Å². The largest absolute Gasteiger partial charge is 0.382 e. The number of fused-ring (bicyclic) bond motifs is 1. The number of aliphatic hydroxyl groups excluding tert-OH is 1. The van der Waals surface area contributed by atoms with Gasteiger partial charge in [-0.15, -0.1) is 0 Å². The average Bonchev–Trinajstić information content (AvgIpc) is 3.24. The van der Waals surface area contributed by atoms with Crippen molar-refractivity contribution < 1.29 is 23.4 Å². The summed E-state index contributed by atoms with van der Waals surface area (Å²) in [5.41, 5.74) is 10.0. The summed E-state index contributed by atoms with van der Waals surface area (Å²) in [4.78, 5) is 21.1. The Bertz CT molecular complexity index is 1430. The predicted molar refractivity (Wildman–Crippen MR) is 129 cm³/mol. The summed E-state index contributed by atoms with van der Waals surface area (Å²) in [6.45, 7) is 3.15. The normalized spacial score (nSPS) is 15.2. The first kappa shape index (κ1) is 23.8. The number of hydrogen-bond acceptors (Lipinski definition) is 7. The number of nitrogen functional groups attached to an aromatic ring is 1. The van der Waals surface area contributed by atoms with Gasteiger partial charge in [-0.2, -0.15) is 5.10 Å². The van der Waals surface area contributed by atoms with Crippen LogP contribution in [0.5, 0.6) is 0 Å². The Morgan fingerprint density at radius 2 is 1.89 bits per heavy atom. The zero-order valence-electron chi connectivity index (χ0n) is 19.4. The minimum absolute atomic E-state index is 0.183. The summed E-state index contributed by atoms with van der Waals surface area (Å²) >= 11 is 0. The number of aliphatic hydroxyl groups is 1. The summed E-state index contributed by atoms with van der Waals surface area (Å²) in [6.07, 6.45) is 1.34. The van der Waals surface area contributed by atoms with E-state index in [4.69, 9.17) is 15.6 Å². The molecule has 1 amide bonds. The second-order valence-corrected chi connectivity index (χ2v) is 8.74. The maximum atomic E-state index is 13.5. The number of rotatable bonds is 5. The first-order chi connectivity index (χ1) is 17.3. The van der Waals surface area contributed by atoms with Gasteiger partial charge < -0.3 is 20.9 Å². The lowest BCUT2D eigenvalue weighted by molar-refractivity contribution is -0.124. The van der Waals surface area contributed by atoms with Crippen molar-refractivity contribution >= 4 is 28.4 Å². The number of anilines is 2. The van der Waals surface area contributed by atoms with Crippen LogP contribution in [0.15, 0.2) is 42.7 Å². The van der Waals surface area contributed by atoms with Crippen LogP contribution in [0.25, 0.3) is 16.7 Å². The molecule has 1 fully saturated rings. The molecule has 0 unspecified atom stereocenters. The van der Waals surface area contributed by atoms with E-state index in [-0.39, 0.29) is 11.5 Å². The first-order valence-corrected chi connectivity index (χ1v) is 11.4. The fraction of sp³-hybridized carbons (Fsp3) is 0.280. The van der Waals surface area contributed by atoms with E-state index in [1.54, 1.807) is 22.9 Å². The molecule has 11 heteroatoms. The molecular weight excluding hydrogens is 470 g/mol. The molecule has 3 heterocycles. The zero-order chi connectivity index (χ0) is 25.4. The molecule has 4 aromatic rings. The second-order valence-electron chi connectivity index (χ2n) is 8.74. The number of amides is 1. The summed E-state index contributed by atoms with van der Waals surface area (Å²) in [6, 6.07) is 7.58. The number of carbonyl (C=O) groups is 1. The molecule has 1 aliphatic heterocycles. The van der Waals surface area contributed by atoms with Crippen molar-refractivity contribution in [2.75, 3.05) is 24.3 Å². The maximum Gasteiger partial charge on any atom is 0.257 e. The highest BCUT2D eigenvalue weighted by Gasteiger charge is 2.26. The molecule has 1 atom stereocenters. The number of nitrogens with two attached hydrogens (primary N) is 1. The van der Waals surface area contributed by atoms with Gasteiger partial charge in [-0.05, 0) is 61.2 Å². The van der Waals surface area contributed by atoms with E-state index >= 15 is 0 Å². The van der Waals surface area contributed by atoms with E-state index in [1.807, 2.05) is 6.92 Å². The Kier molecular flexibility index (Phi) is 6.33. The monoisotopic (exact) mass is 494 g/mol. The van der Waals surface area contributed by atoms with Crippen LogP contribution in [0.1, 0.15) is 41.7 Å². The fourth-order valence-corrected chi connectivity index (χ4v) is 4.48. The highest BCUT2D eigenvalue weighted by atomic mass is 19.1. The van der Waals surface area contributed by atoms with Crippen molar-refractivity contribution in [2.45, 2.75) is 31.8 Å². The molecule has 5 rings (SSSR count). The number of nitrogens with one attached hydrogen (secondary N) is 1. The van der Waals surface area contributed by atoms with Gasteiger partial charge in [0.1, 0.15) is 29.0 Å². The maximum absolute atomic E-state index is 13.5. The van der Waals surface area contributed by atoms with Crippen LogP contribution >= 0.6 is 0 Å². The third-order valence-electron chi connectivity index (χ3n) is 6.26. The average molecular weight is 495 g/mol. The number of benzene rings is 2. The van der Waals surface area contributed by atoms with E-state index in [2.05, 4.69) is 15.3 Å². The molecule has 186 valence electrons. The molecule has 4 N–H and O–H groups in total. The fourth-order valence-electron chi connectivity index (χ4n) is 4.48. The van der Waals surface area contributed by atoms with Crippen molar-refractivity contribution in [1.82, 2.24) is 19.7 Å². The van der Waals surface area contributed by atoms with Crippen LogP contribution in [0, 0.1) is 18.6 Å². The van der Waals surface area contributed by atoms with Gasteiger partial charge in [0, 0.05) is 30.9 Å². The van der Waals surface area contributed by atoms with Gasteiger partial charge in [-0.25, -0.2) is 23.4 Å². The van der Waals surface area contributed by atoms with Crippen molar-refractivity contribution in [3.63, 3.8) is 0 Å². The van der Waals surface area contributed by atoms with E-state index < -0.39 is 23.6 Å². The van der Waals surface area contributed by atoms with Gasteiger partial charge in [0.2, 0.25) is 0 Å². The lowest BCUT2D eigenvalue weighted by Gasteiger charge is -2.20. The van der Waals surface area contributed by atoms with Crippen molar-refractivity contribution in [2.24, 2.45) is 0 Å². The Hall–Kier alpha value is -3.96. The highest BCUT2D eigenvalue weighted by molar-refractivity contribution is 5.95. The first-order valence-electron chi connectivity index (χ1n) is 11.4. The molecule has 0 saturated carbocycles. The predicted octanol–water partition coefficient (Wildman–Crippen LogP) is 3.55. The third kappa shape index (κ3) is 4.50. The smallest absolute Gasteiger partial charge is 0.257 e. The summed E-state index contributed by atoms with van der Waals surface area (Å²) in [5, 5.41) is 17.7. The molecule has 0 aliphatic carbocycles. The second kappa shape index (κ2) is 9.59. The molecule has 1 aliphatic rings. The minimum atomic E-state index is -1.75. The van der Waals surface area contributed by atoms with Crippen LogP contribution in [-0.2, 0) is 9.53 Å². The van der Waals surface area contributed by atoms with Crippen LogP contribution in [0.3, 0.4) is 0 Å². The number of hydrogen-bond donors (Lipinski definition) is 3. The number of aryl methyl sites for hydroxylation is 1. The van der Waals surface area contributed by atoms with Crippen molar-refractivity contribution in [1.29, 1.82) is 0 Å². The Morgan fingerprint density at radius 1 is 1.17 bits per heavy atom. The molecule has 0 radical (unpaired) electrons. The minimum Gasteiger partial charge on any atom is -0.382 e. The summed E-state index contributed by atoms with van der Waals surface area (Å²) < 4.78 is 34.2. The van der Waals surface area contributed by atoms with Gasteiger partial charge in [0.25, 0.3) is 5.91 Å². The summed E-state index contributed by atoms with van der Waals surface area (Å²) in [5.74, 6) is -2.10. The lowest BCUT2D eigenvalue weighted by Crippen LogP contribution is -2.21. The van der Waals surface area contributed by atoms with Crippen LogP contribution in [-0.4, -0.2) is 44.0 Å². The van der Waals surface area contributed by atoms with Gasteiger partial charge in [0.05, 0.1) is 11.4 Å². The highest BCUT2D eigenvalue weighted by Crippen LogP contribution is 2.34. The van der Waals surface area contributed by atoms with E-state index in [9.17, 15) is 18.7 Å². The molecule has 2 aromatic carbocycles. The SMILES string of the molecule is Cc1cc(NC(=O)[C@H](O)c2cc(F)cc(F)c2)ccc1-n1nc(C2CCOCC2)c2ncnc(N)c21. The molecule has 0 bridgehead atoms. The van der Waals surface area contributed by atoms with E-state index in [1.165, 1.54) is 6.33 Å². The topological polar surface area (TPSA) is 128 Å². The standard InChI is InChI=1S/C25H24F2N6O3/c1-13-8-18(31-25(35)23(34)15-9-16(26)11-17(27)10-15)2-3-19(13)33-22-21(29-12-30-24(22)28)20(32-33)14-4-6-36-7-5-14/h2-3,8-12,14,23,34H,4-7H2,1H3,(H,31,35)(H2,28,29,30)/t23-/m1/s1. The number of nitrogens with zero attached hydrogens (tertiary/aromatic N) is 4. The van der Waals surface area contributed by atoms with Crippen molar-refractivity contribution in [3.05, 3.63) is 71.2 Å². The Balaban J connectivity index is 1.45. The number of carbonyl (C=O) groups excluding carboxylic acids is 1. The number of ether oxygens (including phenoxy) is 1. The van der Waals surface area contributed by atoms with E-state index in [0.717, 1.165) is 36.2 Å². The summed E-state index contributed by atoms with van der Waals surface area (Å²) in [7, 11) is 0.